The van der Waals surface area contributed by atoms with E-state index in [1.807, 2.05) is 86.6 Å². The molecule has 3 atom stereocenters. The van der Waals surface area contributed by atoms with E-state index < -0.39 is 46.7 Å². The predicted molar refractivity (Wildman–Crippen MR) is 369 cm³/mol. The van der Waals surface area contributed by atoms with Crippen LogP contribution in [0.3, 0.4) is 0 Å². The largest absolute Gasteiger partial charge is 0.485 e. The van der Waals surface area contributed by atoms with Crippen LogP contribution in [-0.2, 0) is 51.5 Å². The Morgan fingerprint density at radius 2 is 1.21 bits per heavy atom. The highest BCUT2D eigenvalue weighted by molar-refractivity contribution is 6.32. The zero-order valence-electron chi connectivity index (χ0n) is 55.8. The van der Waals surface area contributed by atoms with Crippen LogP contribution >= 0.6 is 11.6 Å². The average molecular weight is 1370 g/mol. The van der Waals surface area contributed by atoms with E-state index in [0.717, 1.165) is 51.4 Å². The Labute approximate surface area is 580 Å². The van der Waals surface area contributed by atoms with Crippen molar-refractivity contribution in [1.29, 1.82) is 0 Å². The maximum absolute atomic E-state index is 14.0. The first-order chi connectivity index (χ1) is 47.8. The molecule has 0 aliphatic carbocycles. The van der Waals surface area contributed by atoms with Crippen LogP contribution in [0.25, 0.3) is 0 Å². The number of hydrogen-bond acceptors (Lipinski definition) is 15. The number of nitro groups is 1. The van der Waals surface area contributed by atoms with Gasteiger partial charge in [0, 0.05) is 101 Å². The van der Waals surface area contributed by atoms with Gasteiger partial charge < -0.3 is 45.3 Å². The van der Waals surface area contributed by atoms with Crippen LogP contribution in [0.2, 0.25) is 0 Å². The predicted octanol–water partition coefficient (Wildman–Crippen LogP) is 9.90. The number of non-ortho nitro benzene ring substituents is 1. The Morgan fingerprint density at radius 3 is 1.90 bits per heavy atom. The number of nitrogens with one attached hydrogen (secondary N) is 4. The number of carbonyl (C=O) groups excluding carboxylic acids is 10. The number of ether oxygens (including phenoxy) is 3. The minimum Gasteiger partial charge on any atom is -0.485 e. The number of β-lactam (4-membered cyclic amide) rings is 1. The van der Waals surface area contributed by atoms with Crippen LogP contribution in [0.4, 0.5) is 5.69 Å². The summed E-state index contributed by atoms with van der Waals surface area (Å²) in [5.74, 6) is -5.68. The Bertz CT molecular complexity index is 3890. The minimum atomic E-state index is -1.22. The van der Waals surface area contributed by atoms with E-state index in [1.165, 1.54) is 4.90 Å². The second-order valence-corrected chi connectivity index (χ2v) is 24.8. The van der Waals surface area contributed by atoms with Gasteiger partial charge in [-0.3, -0.25) is 53.4 Å². The standard InChI is InChI=1S/C75H83ClN8O15/c1-50-21-18-28-58(51(50)2)70(89)78-42-15-17-45-82(46-20-43-79-71(90)59-29-19-30-63(97-48-52-22-8-4-9-23-52)69(59)98-49-53-24-10-5-11-25-53)66(88)40-38-64(86)77-41-14-7-16-44-81(3)65(87)39-35-57(85)47-60(54-26-12-6-13-27-54)72(91)80-67-62-37-36-61(76)68(83(62)73(67)92)75(94)99-74(93)55-31-33-56(34-32-55)84(95)96/h4-6,8-13,18-19,21-34,60,62,67H,7,14-17,20,35-49H2,1-3H3,(H,77,86)(H,78,89)(H,79,90)(H,80,91)/t60-,62-,67+/m1/s1. The number of amides is 7. The van der Waals surface area contributed by atoms with Gasteiger partial charge in [0.05, 0.1) is 28.0 Å². The van der Waals surface area contributed by atoms with E-state index in [9.17, 15) is 58.1 Å². The first-order valence-corrected chi connectivity index (χ1v) is 33.6. The first-order valence-electron chi connectivity index (χ1n) is 33.2. The fourth-order valence-electron chi connectivity index (χ4n) is 11.5. The number of esters is 2. The number of Topliss-reactive ketones (excluding diaryl/α,β-unsaturated/α-hetero) is 1. The fraction of sp³-hybridized carbons (Fsp3) is 0.360. The number of carbonyl (C=O) groups is 10. The van der Waals surface area contributed by atoms with Crippen LogP contribution in [0, 0.1) is 24.0 Å². The summed E-state index contributed by atoms with van der Waals surface area (Å²) >= 11 is 6.41. The van der Waals surface area contributed by atoms with Gasteiger partial charge in [0.1, 0.15) is 30.7 Å². The summed E-state index contributed by atoms with van der Waals surface area (Å²) in [4.78, 5) is 149. The maximum Gasteiger partial charge on any atom is 0.364 e. The van der Waals surface area contributed by atoms with E-state index in [0.29, 0.717) is 99.4 Å². The van der Waals surface area contributed by atoms with Crippen molar-refractivity contribution in [2.75, 3.05) is 46.3 Å². The summed E-state index contributed by atoms with van der Waals surface area (Å²) in [5.41, 5.74) is 4.38. The average Bonchev–Trinajstić information content (AvgIpc) is 0.733. The molecule has 520 valence electrons. The molecule has 4 N–H and O–H groups in total. The third-order valence-corrected chi connectivity index (χ3v) is 17.7. The molecule has 0 bridgehead atoms. The fourth-order valence-corrected chi connectivity index (χ4v) is 11.8. The molecule has 0 aromatic heterocycles. The van der Waals surface area contributed by atoms with Crippen molar-refractivity contribution in [1.82, 2.24) is 36.0 Å². The number of nitro benzene ring substituents is 1. The van der Waals surface area contributed by atoms with E-state index in [-0.39, 0.29) is 122 Å². The third-order valence-electron chi connectivity index (χ3n) is 17.3. The van der Waals surface area contributed by atoms with Crippen LogP contribution < -0.4 is 30.7 Å². The lowest BCUT2D eigenvalue weighted by Crippen LogP contribution is -2.71. The van der Waals surface area contributed by atoms with Gasteiger partial charge in [-0.05, 0) is 123 Å². The Morgan fingerprint density at radius 1 is 0.626 bits per heavy atom. The molecule has 0 unspecified atom stereocenters. The van der Waals surface area contributed by atoms with E-state index in [4.69, 9.17) is 25.8 Å². The molecular weight excluding hydrogens is 1290 g/mol. The van der Waals surface area contributed by atoms with Crippen molar-refractivity contribution in [2.24, 2.45) is 0 Å². The quantitative estimate of drug-likeness (QED) is 0.00704. The lowest BCUT2D eigenvalue weighted by Gasteiger charge is -2.50. The molecule has 23 nitrogen and oxygen atoms in total. The van der Waals surface area contributed by atoms with Crippen LogP contribution in [0.1, 0.15) is 148 Å². The van der Waals surface area contributed by atoms with Crippen molar-refractivity contribution < 1.29 is 67.1 Å². The van der Waals surface area contributed by atoms with Crippen molar-refractivity contribution in [2.45, 2.75) is 129 Å². The van der Waals surface area contributed by atoms with Crippen molar-refractivity contribution in [3.63, 3.8) is 0 Å². The van der Waals surface area contributed by atoms with Crippen LogP contribution in [0.15, 0.2) is 162 Å². The van der Waals surface area contributed by atoms with E-state index in [1.54, 1.807) is 66.5 Å². The molecule has 24 heteroatoms. The molecule has 99 heavy (non-hydrogen) atoms. The first kappa shape index (κ1) is 74.2. The monoisotopic (exact) mass is 1370 g/mol. The van der Waals surface area contributed by atoms with Gasteiger partial charge in [-0.1, -0.05) is 121 Å². The number of benzene rings is 6. The summed E-state index contributed by atoms with van der Waals surface area (Å²) in [7, 11) is 1.63. The molecule has 0 saturated carbocycles. The number of aryl methyl sites for hydroxylation is 1. The van der Waals surface area contributed by atoms with Crippen molar-refractivity contribution in [3.05, 3.63) is 217 Å². The van der Waals surface area contributed by atoms with Crippen LogP contribution in [0.5, 0.6) is 11.5 Å². The normalized spacial score (nSPS) is 14.1. The Balaban J connectivity index is 0.754. The van der Waals surface area contributed by atoms with Gasteiger partial charge in [0.2, 0.25) is 23.6 Å². The number of halogens is 1. The molecule has 0 spiro atoms. The number of nitrogens with zero attached hydrogens (tertiary/aromatic N) is 4. The Kier molecular flexibility index (Phi) is 27.9. The summed E-state index contributed by atoms with van der Waals surface area (Å²) in [6.45, 7) is 6.34. The summed E-state index contributed by atoms with van der Waals surface area (Å²) in [6, 6.07) is 41.1. The summed E-state index contributed by atoms with van der Waals surface area (Å²) < 4.78 is 17.5. The Hall–Kier alpha value is -10.6. The molecule has 0 radical (unpaired) electrons. The number of unbranched alkanes of at least 4 members (excludes halogenated alkanes) is 3. The minimum absolute atomic E-state index is 0.0351. The van der Waals surface area contributed by atoms with Crippen molar-refractivity contribution >= 4 is 76.4 Å². The molecule has 6 aromatic rings. The lowest BCUT2D eigenvalue weighted by molar-refractivity contribution is -0.384. The highest BCUT2D eigenvalue weighted by Gasteiger charge is 2.54. The highest BCUT2D eigenvalue weighted by Crippen LogP contribution is 2.39. The van der Waals surface area contributed by atoms with Gasteiger partial charge >= 0.3 is 11.9 Å². The highest BCUT2D eigenvalue weighted by atomic mass is 35.5. The molecule has 7 amide bonds. The van der Waals surface area contributed by atoms with Gasteiger partial charge in [-0.2, -0.15) is 0 Å². The van der Waals surface area contributed by atoms with Crippen LogP contribution in [-0.4, -0.2) is 137 Å². The molecular formula is C75H83ClN8O15. The number of fused-ring (bicyclic) bond motifs is 1. The molecule has 1 fully saturated rings. The lowest BCUT2D eigenvalue weighted by atomic mass is 9.85. The van der Waals surface area contributed by atoms with E-state index >= 15 is 0 Å². The topological polar surface area (TPSA) is 299 Å². The number of rotatable bonds is 37. The zero-order chi connectivity index (χ0) is 70.8. The molecule has 1 saturated heterocycles. The molecule has 8 rings (SSSR count). The van der Waals surface area contributed by atoms with Gasteiger partial charge in [-0.25, -0.2) is 9.59 Å². The summed E-state index contributed by atoms with van der Waals surface area (Å²) in [5, 5.41) is 22.6. The zero-order valence-corrected chi connectivity index (χ0v) is 56.6. The van der Waals surface area contributed by atoms with Gasteiger partial charge in [0.15, 0.2) is 11.5 Å². The molecule has 2 aliphatic rings. The molecule has 2 heterocycles. The SMILES string of the molecule is Cc1cccc(C(=O)NCCCCN(CCCNC(=O)c2cccc(OCc3ccccc3)c2OCc2ccccc2)C(=O)CCC(=O)NCCCCCN(C)C(=O)CCC(=O)C[C@@H](C(=O)N[C@@H]2C(=O)N3C(C(=O)OC(=O)c4ccc([N+](=O)[O-])cc4)=C(Cl)CC[C@H]23)c2ccccc2)c1C. The number of allylic oxidation sites excluding steroid dienone is 1. The van der Waals surface area contributed by atoms with Gasteiger partial charge in [0.25, 0.3) is 23.4 Å². The summed E-state index contributed by atoms with van der Waals surface area (Å²) in [6.07, 6.45) is 3.18. The second kappa shape index (κ2) is 37.3. The molecule has 6 aromatic carbocycles. The van der Waals surface area contributed by atoms with E-state index in [2.05, 4.69) is 21.3 Å². The number of ketones is 1. The van der Waals surface area contributed by atoms with Gasteiger partial charge in [-0.15, -0.1) is 0 Å². The smallest absolute Gasteiger partial charge is 0.364 e. The third kappa shape index (κ3) is 21.5. The molecule has 2 aliphatic heterocycles. The van der Waals surface area contributed by atoms with Crippen molar-refractivity contribution in [3.8, 4) is 11.5 Å². The number of para-hydroxylation sites is 1. The number of hydrogen-bond donors (Lipinski definition) is 4. The second-order valence-electron chi connectivity index (χ2n) is 24.3. The maximum atomic E-state index is 14.0.